The van der Waals surface area contributed by atoms with Crippen molar-refractivity contribution in [3.8, 4) is 0 Å². The second-order valence-corrected chi connectivity index (χ2v) is 4.79. The van der Waals surface area contributed by atoms with E-state index in [-0.39, 0.29) is 12.4 Å². The van der Waals surface area contributed by atoms with Gasteiger partial charge in [0.25, 0.3) is 0 Å². The molecular formula is C16H13FN4O2. The summed E-state index contributed by atoms with van der Waals surface area (Å²) in [6.07, 6.45) is 0. The molecule has 0 aliphatic carbocycles. The first-order chi connectivity index (χ1) is 11.1. The predicted octanol–water partition coefficient (Wildman–Crippen LogP) is 3.01. The molecule has 0 unspecified atom stereocenters. The first kappa shape index (κ1) is 14.7. The number of carbonyl (C=O) groups is 1. The Kier molecular flexibility index (Phi) is 4.01. The lowest BCUT2D eigenvalue weighted by Crippen LogP contribution is -2.14. The summed E-state index contributed by atoms with van der Waals surface area (Å²) in [5.41, 5.74) is 1.30. The van der Waals surface area contributed by atoms with E-state index < -0.39 is 5.97 Å². The highest BCUT2D eigenvalue weighted by Crippen LogP contribution is 2.23. The number of rotatable bonds is 5. The van der Waals surface area contributed by atoms with Gasteiger partial charge in [0.05, 0.1) is 5.52 Å². The summed E-state index contributed by atoms with van der Waals surface area (Å²) < 4.78 is 12.9. The summed E-state index contributed by atoms with van der Waals surface area (Å²) in [6.45, 7) is -0.253. The highest BCUT2D eigenvalue weighted by molar-refractivity contribution is 5.91. The van der Waals surface area contributed by atoms with E-state index in [0.29, 0.717) is 23.0 Å². The van der Waals surface area contributed by atoms with Crippen molar-refractivity contribution in [3.63, 3.8) is 0 Å². The van der Waals surface area contributed by atoms with Gasteiger partial charge >= 0.3 is 5.97 Å². The Morgan fingerprint density at radius 1 is 1.09 bits per heavy atom. The molecule has 1 heterocycles. The van der Waals surface area contributed by atoms with Crippen LogP contribution in [0.5, 0.6) is 0 Å². The molecule has 116 valence electrons. The highest BCUT2D eigenvalue weighted by atomic mass is 19.1. The third-order valence-corrected chi connectivity index (χ3v) is 3.11. The van der Waals surface area contributed by atoms with Gasteiger partial charge in [-0.1, -0.05) is 12.1 Å². The zero-order chi connectivity index (χ0) is 16.2. The zero-order valence-electron chi connectivity index (χ0n) is 12.0. The Balaban J connectivity index is 1.96. The van der Waals surface area contributed by atoms with Gasteiger partial charge in [0, 0.05) is 11.1 Å². The number of para-hydroxylation sites is 1. The van der Waals surface area contributed by atoms with Gasteiger partial charge in [0.15, 0.2) is 0 Å². The van der Waals surface area contributed by atoms with Crippen LogP contribution >= 0.6 is 0 Å². The number of hydrogen-bond acceptors (Lipinski definition) is 5. The maximum Gasteiger partial charge on any atom is 0.322 e. The van der Waals surface area contributed by atoms with Crippen LogP contribution in [0.2, 0.25) is 0 Å². The number of fused-ring (bicyclic) bond motifs is 1. The van der Waals surface area contributed by atoms with Gasteiger partial charge in [-0.05, 0) is 36.4 Å². The molecule has 0 saturated heterocycles. The Morgan fingerprint density at radius 3 is 2.57 bits per heavy atom. The Hall–Kier alpha value is -3.22. The van der Waals surface area contributed by atoms with E-state index >= 15 is 0 Å². The van der Waals surface area contributed by atoms with Crippen molar-refractivity contribution < 1.29 is 14.3 Å². The van der Waals surface area contributed by atoms with Crippen molar-refractivity contribution in [2.45, 2.75) is 0 Å². The number of aliphatic carboxylic acids is 1. The van der Waals surface area contributed by atoms with Crippen LogP contribution in [0, 0.1) is 5.82 Å². The van der Waals surface area contributed by atoms with Crippen LogP contribution in [0.25, 0.3) is 10.9 Å². The number of hydrogen-bond donors (Lipinski definition) is 3. The Bertz CT molecular complexity index is 852. The third kappa shape index (κ3) is 3.52. The van der Waals surface area contributed by atoms with E-state index in [2.05, 4.69) is 20.6 Å². The van der Waals surface area contributed by atoms with Crippen LogP contribution in [0.4, 0.5) is 21.8 Å². The molecule has 23 heavy (non-hydrogen) atoms. The van der Waals surface area contributed by atoms with E-state index in [1.807, 2.05) is 12.1 Å². The Labute approximate surface area is 131 Å². The fourth-order valence-corrected chi connectivity index (χ4v) is 2.09. The molecule has 0 atom stereocenters. The second kappa shape index (κ2) is 6.27. The molecule has 0 aliphatic rings. The minimum absolute atomic E-state index is 0.253. The number of benzene rings is 2. The summed E-state index contributed by atoms with van der Waals surface area (Å²) in [5.74, 6) is -0.606. The molecule has 0 fully saturated rings. The lowest BCUT2D eigenvalue weighted by atomic mass is 10.2. The third-order valence-electron chi connectivity index (χ3n) is 3.11. The average Bonchev–Trinajstić information content (AvgIpc) is 2.54. The molecule has 2 aromatic carbocycles. The lowest BCUT2D eigenvalue weighted by molar-refractivity contribution is -0.134. The van der Waals surface area contributed by atoms with Crippen molar-refractivity contribution >= 4 is 34.3 Å². The molecule has 0 spiro atoms. The standard InChI is InChI=1S/C16H13FN4O2/c17-10-5-7-11(8-6-10)19-16-20-13-4-2-1-3-12(13)15(21-16)18-9-14(22)23/h1-8H,9H2,(H,22,23)(H2,18,19,20,21). The quantitative estimate of drug-likeness (QED) is 0.671. The Morgan fingerprint density at radius 2 is 1.83 bits per heavy atom. The van der Waals surface area contributed by atoms with Crippen molar-refractivity contribution in [1.29, 1.82) is 0 Å². The molecule has 0 saturated carbocycles. The van der Waals surface area contributed by atoms with Crippen molar-refractivity contribution in [2.24, 2.45) is 0 Å². The summed E-state index contributed by atoms with van der Waals surface area (Å²) in [7, 11) is 0. The predicted molar refractivity (Wildman–Crippen MR) is 85.3 cm³/mol. The lowest BCUT2D eigenvalue weighted by Gasteiger charge is -2.10. The molecule has 7 heteroatoms. The maximum atomic E-state index is 12.9. The van der Waals surface area contributed by atoms with Gasteiger partial charge in [-0.15, -0.1) is 0 Å². The summed E-state index contributed by atoms with van der Waals surface area (Å²) in [5, 5.41) is 15.3. The number of carboxylic acid groups (broad SMARTS) is 1. The summed E-state index contributed by atoms with van der Waals surface area (Å²) in [4.78, 5) is 19.4. The average molecular weight is 312 g/mol. The molecular weight excluding hydrogens is 299 g/mol. The molecule has 6 nitrogen and oxygen atoms in total. The van der Waals surface area contributed by atoms with Crippen LogP contribution in [0.1, 0.15) is 0 Å². The van der Waals surface area contributed by atoms with Crippen molar-refractivity contribution in [1.82, 2.24) is 9.97 Å². The van der Waals surface area contributed by atoms with Crippen LogP contribution < -0.4 is 10.6 Å². The fourth-order valence-electron chi connectivity index (χ4n) is 2.09. The van der Waals surface area contributed by atoms with Crippen LogP contribution in [-0.2, 0) is 4.79 Å². The molecule has 0 bridgehead atoms. The second-order valence-electron chi connectivity index (χ2n) is 4.79. The summed E-state index contributed by atoms with van der Waals surface area (Å²) in [6, 6.07) is 13.1. The number of nitrogens with zero attached hydrogens (tertiary/aromatic N) is 2. The van der Waals surface area contributed by atoms with Gasteiger partial charge in [0.1, 0.15) is 18.2 Å². The van der Waals surface area contributed by atoms with Gasteiger partial charge in [-0.3, -0.25) is 4.79 Å². The van der Waals surface area contributed by atoms with E-state index in [1.54, 1.807) is 24.3 Å². The molecule has 3 aromatic rings. The maximum absolute atomic E-state index is 12.9. The monoisotopic (exact) mass is 312 g/mol. The number of nitrogens with one attached hydrogen (secondary N) is 2. The SMILES string of the molecule is O=C(O)CNc1nc(Nc2ccc(F)cc2)nc2ccccc12. The van der Waals surface area contributed by atoms with Gasteiger partial charge in [0.2, 0.25) is 5.95 Å². The number of anilines is 3. The van der Waals surface area contributed by atoms with Crippen LogP contribution in [-0.4, -0.2) is 27.6 Å². The van der Waals surface area contributed by atoms with Gasteiger partial charge in [-0.25, -0.2) is 9.37 Å². The van der Waals surface area contributed by atoms with Gasteiger partial charge < -0.3 is 15.7 Å². The first-order valence-electron chi connectivity index (χ1n) is 6.87. The van der Waals surface area contributed by atoms with E-state index in [9.17, 15) is 9.18 Å². The van der Waals surface area contributed by atoms with Crippen molar-refractivity contribution in [2.75, 3.05) is 17.2 Å². The molecule has 0 aliphatic heterocycles. The highest BCUT2D eigenvalue weighted by Gasteiger charge is 2.09. The molecule has 0 amide bonds. The smallest absolute Gasteiger partial charge is 0.322 e. The summed E-state index contributed by atoms with van der Waals surface area (Å²) >= 11 is 0. The minimum Gasteiger partial charge on any atom is -0.480 e. The fraction of sp³-hybridized carbons (Fsp3) is 0.0625. The van der Waals surface area contributed by atoms with E-state index in [1.165, 1.54) is 12.1 Å². The van der Waals surface area contributed by atoms with E-state index in [4.69, 9.17) is 5.11 Å². The van der Waals surface area contributed by atoms with Crippen LogP contribution in [0.15, 0.2) is 48.5 Å². The number of halogens is 1. The molecule has 3 N–H and O–H groups in total. The zero-order valence-corrected chi connectivity index (χ0v) is 12.0. The number of carboxylic acids is 1. The van der Waals surface area contributed by atoms with Crippen LogP contribution in [0.3, 0.4) is 0 Å². The first-order valence-corrected chi connectivity index (χ1v) is 6.87. The van der Waals surface area contributed by atoms with Crippen molar-refractivity contribution in [3.05, 3.63) is 54.3 Å². The topological polar surface area (TPSA) is 87.1 Å². The molecule has 1 aromatic heterocycles. The normalized spacial score (nSPS) is 10.5. The molecule has 0 radical (unpaired) electrons. The minimum atomic E-state index is -0.985. The van der Waals surface area contributed by atoms with Gasteiger partial charge in [-0.2, -0.15) is 4.98 Å². The molecule has 3 rings (SSSR count). The largest absolute Gasteiger partial charge is 0.480 e. The number of aromatic nitrogens is 2. The van der Waals surface area contributed by atoms with E-state index in [0.717, 1.165) is 5.39 Å².